The van der Waals surface area contributed by atoms with Crippen molar-refractivity contribution in [2.75, 3.05) is 12.8 Å². The summed E-state index contributed by atoms with van der Waals surface area (Å²) in [6.45, 7) is 0. The summed E-state index contributed by atoms with van der Waals surface area (Å²) in [7, 11) is 1.52. The van der Waals surface area contributed by atoms with Gasteiger partial charge in [0.15, 0.2) is 0 Å². The van der Waals surface area contributed by atoms with E-state index in [0.717, 1.165) is 0 Å². The van der Waals surface area contributed by atoms with Crippen LogP contribution in [0.2, 0.25) is 5.02 Å². The summed E-state index contributed by atoms with van der Waals surface area (Å²) < 4.78 is 4.80. The van der Waals surface area contributed by atoms with Gasteiger partial charge in [-0.15, -0.1) is 12.4 Å². The second-order valence-electron chi connectivity index (χ2n) is 1.75. The highest BCUT2D eigenvalue weighted by Crippen LogP contribution is 2.20. The molecule has 2 N–H and O–H groups in total. The number of halogens is 2. The minimum atomic E-state index is 0. The van der Waals surface area contributed by atoms with Gasteiger partial charge in [0.05, 0.1) is 24.0 Å². The van der Waals surface area contributed by atoms with Crippen LogP contribution in [0.25, 0.3) is 0 Å². The van der Waals surface area contributed by atoms with Crippen molar-refractivity contribution in [3.63, 3.8) is 0 Å². The molecule has 5 heteroatoms. The van der Waals surface area contributed by atoms with Crippen molar-refractivity contribution in [3.8, 4) is 5.88 Å². The lowest BCUT2D eigenvalue weighted by molar-refractivity contribution is 0.398. The number of nitrogens with zero attached hydrogens (tertiary/aromatic N) is 1. The zero-order chi connectivity index (χ0) is 7.56. The molecule has 0 fully saturated rings. The molecule has 0 spiro atoms. The highest BCUT2D eigenvalue weighted by Gasteiger charge is 1.97. The molecule has 0 amide bonds. The average Bonchev–Trinajstić information content (AvgIpc) is 1.95. The van der Waals surface area contributed by atoms with Gasteiger partial charge >= 0.3 is 0 Å². The SMILES string of the molecule is COc1cc(N)c(Cl)cn1.Cl. The van der Waals surface area contributed by atoms with Crippen LogP contribution < -0.4 is 10.5 Å². The smallest absolute Gasteiger partial charge is 0.215 e. The van der Waals surface area contributed by atoms with E-state index in [1.807, 2.05) is 0 Å². The molecule has 0 aliphatic rings. The zero-order valence-corrected chi connectivity index (χ0v) is 7.45. The number of ether oxygens (including phenoxy) is 1. The first kappa shape index (κ1) is 10.3. The Balaban J connectivity index is 0.000001000. The number of anilines is 1. The fourth-order valence-electron chi connectivity index (χ4n) is 0.546. The molecule has 1 aromatic heterocycles. The molecule has 0 radical (unpaired) electrons. The quantitative estimate of drug-likeness (QED) is 0.742. The number of rotatable bonds is 1. The molecule has 0 atom stereocenters. The Kier molecular flexibility index (Phi) is 4.00. The maximum Gasteiger partial charge on any atom is 0.215 e. The van der Waals surface area contributed by atoms with Crippen molar-refractivity contribution < 1.29 is 4.74 Å². The maximum atomic E-state index is 5.59. The Morgan fingerprint density at radius 3 is 2.73 bits per heavy atom. The van der Waals surface area contributed by atoms with Crippen LogP contribution in [0.4, 0.5) is 5.69 Å². The first-order chi connectivity index (χ1) is 4.74. The molecule has 0 aliphatic heterocycles. The van der Waals surface area contributed by atoms with Crippen molar-refractivity contribution in [1.29, 1.82) is 0 Å². The number of nitrogen functional groups attached to an aromatic ring is 1. The van der Waals surface area contributed by atoms with Gasteiger partial charge in [0.2, 0.25) is 5.88 Å². The van der Waals surface area contributed by atoms with Gasteiger partial charge in [0.1, 0.15) is 0 Å². The van der Waals surface area contributed by atoms with E-state index in [9.17, 15) is 0 Å². The van der Waals surface area contributed by atoms with Crippen molar-refractivity contribution in [1.82, 2.24) is 4.98 Å². The number of nitrogens with two attached hydrogens (primary N) is 1. The summed E-state index contributed by atoms with van der Waals surface area (Å²) in [5, 5.41) is 0.445. The molecule has 11 heavy (non-hydrogen) atoms. The highest BCUT2D eigenvalue weighted by molar-refractivity contribution is 6.32. The van der Waals surface area contributed by atoms with E-state index >= 15 is 0 Å². The normalized spacial score (nSPS) is 8.55. The summed E-state index contributed by atoms with van der Waals surface area (Å²) in [6.07, 6.45) is 1.45. The van der Waals surface area contributed by atoms with E-state index in [0.29, 0.717) is 16.6 Å². The molecule has 0 saturated carbocycles. The van der Waals surface area contributed by atoms with Gasteiger partial charge in [0, 0.05) is 6.07 Å². The second kappa shape index (κ2) is 4.26. The van der Waals surface area contributed by atoms with Crippen LogP contribution in [0.3, 0.4) is 0 Å². The Hall–Kier alpha value is -0.670. The van der Waals surface area contributed by atoms with Crippen LogP contribution in [0.5, 0.6) is 5.88 Å². The molecule has 3 nitrogen and oxygen atoms in total. The van der Waals surface area contributed by atoms with Gasteiger partial charge < -0.3 is 10.5 Å². The highest BCUT2D eigenvalue weighted by atomic mass is 35.5. The van der Waals surface area contributed by atoms with Crippen LogP contribution in [-0.4, -0.2) is 12.1 Å². The van der Waals surface area contributed by atoms with Crippen molar-refractivity contribution in [2.24, 2.45) is 0 Å². The second-order valence-corrected chi connectivity index (χ2v) is 2.16. The van der Waals surface area contributed by atoms with Crippen LogP contribution >= 0.6 is 24.0 Å². The summed E-state index contributed by atoms with van der Waals surface area (Å²) in [4.78, 5) is 3.82. The third-order valence-electron chi connectivity index (χ3n) is 1.07. The molecule has 0 bridgehead atoms. The molecule has 62 valence electrons. The third kappa shape index (κ3) is 2.44. The molecular weight excluding hydrogens is 187 g/mol. The predicted molar refractivity (Wildman–Crippen MR) is 47.5 cm³/mol. The third-order valence-corrected chi connectivity index (χ3v) is 1.38. The fraction of sp³-hybridized carbons (Fsp3) is 0.167. The monoisotopic (exact) mass is 194 g/mol. The first-order valence-electron chi connectivity index (χ1n) is 2.69. The number of hydrogen-bond donors (Lipinski definition) is 1. The van der Waals surface area contributed by atoms with Gasteiger partial charge in [-0.3, -0.25) is 0 Å². The van der Waals surface area contributed by atoms with Crippen molar-refractivity contribution >= 4 is 29.7 Å². The Labute approximate surface area is 75.9 Å². The molecule has 0 aliphatic carbocycles. The molecule has 1 rings (SSSR count). The van der Waals surface area contributed by atoms with Crippen LogP contribution in [0, 0.1) is 0 Å². The van der Waals surface area contributed by atoms with Crippen molar-refractivity contribution in [3.05, 3.63) is 17.3 Å². The van der Waals surface area contributed by atoms with Crippen LogP contribution in [-0.2, 0) is 0 Å². The molecule has 0 saturated heterocycles. The first-order valence-corrected chi connectivity index (χ1v) is 3.07. The lowest BCUT2D eigenvalue weighted by Crippen LogP contribution is -1.91. The van der Waals surface area contributed by atoms with Gasteiger partial charge in [-0.1, -0.05) is 11.6 Å². The molecule has 0 unspecified atom stereocenters. The van der Waals surface area contributed by atoms with E-state index in [1.165, 1.54) is 13.3 Å². The van der Waals surface area contributed by atoms with Crippen LogP contribution in [0.1, 0.15) is 0 Å². The van der Waals surface area contributed by atoms with E-state index < -0.39 is 0 Å². The Bertz CT molecular complexity index is 242. The van der Waals surface area contributed by atoms with Gasteiger partial charge in [-0.2, -0.15) is 0 Å². The summed E-state index contributed by atoms with van der Waals surface area (Å²) >= 11 is 5.59. The minimum Gasteiger partial charge on any atom is -0.481 e. The standard InChI is InChI=1S/C6H7ClN2O.ClH/c1-10-6-2-5(8)4(7)3-9-6;/h2-3H,1H3,(H2,8,9);1H. The van der Waals surface area contributed by atoms with E-state index in [4.69, 9.17) is 22.1 Å². The molecular formula is C6H8Cl2N2O. The largest absolute Gasteiger partial charge is 0.481 e. The average molecular weight is 195 g/mol. The summed E-state index contributed by atoms with van der Waals surface area (Å²) in [5.41, 5.74) is 5.92. The minimum absolute atomic E-state index is 0. The van der Waals surface area contributed by atoms with E-state index in [-0.39, 0.29) is 12.4 Å². The zero-order valence-electron chi connectivity index (χ0n) is 5.87. The Morgan fingerprint density at radius 2 is 2.27 bits per heavy atom. The predicted octanol–water partition coefficient (Wildman–Crippen LogP) is 1.75. The van der Waals surface area contributed by atoms with Gasteiger partial charge in [0.25, 0.3) is 0 Å². The van der Waals surface area contributed by atoms with Gasteiger partial charge in [-0.25, -0.2) is 4.98 Å². The molecule has 1 aromatic rings. The lowest BCUT2D eigenvalue weighted by Gasteiger charge is -1.99. The maximum absolute atomic E-state index is 5.59. The lowest BCUT2D eigenvalue weighted by atomic mass is 10.4. The summed E-state index contributed by atoms with van der Waals surface area (Å²) in [5.74, 6) is 0.474. The number of methoxy groups -OCH3 is 1. The number of aromatic nitrogens is 1. The van der Waals surface area contributed by atoms with E-state index in [2.05, 4.69) is 4.98 Å². The summed E-state index contributed by atoms with van der Waals surface area (Å²) in [6, 6.07) is 1.57. The fourth-order valence-corrected chi connectivity index (χ4v) is 0.649. The topological polar surface area (TPSA) is 48.1 Å². The molecule has 0 aromatic carbocycles. The van der Waals surface area contributed by atoms with Gasteiger partial charge in [-0.05, 0) is 0 Å². The number of pyridine rings is 1. The van der Waals surface area contributed by atoms with E-state index in [1.54, 1.807) is 6.07 Å². The number of hydrogen-bond acceptors (Lipinski definition) is 3. The Morgan fingerprint density at radius 1 is 1.64 bits per heavy atom. The van der Waals surface area contributed by atoms with Crippen molar-refractivity contribution in [2.45, 2.75) is 0 Å². The van der Waals surface area contributed by atoms with Crippen LogP contribution in [0.15, 0.2) is 12.3 Å². The molecule has 1 heterocycles.